The third-order valence-corrected chi connectivity index (χ3v) is 2.86. The molecule has 2 rings (SSSR count). The van der Waals surface area contributed by atoms with Gasteiger partial charge < -0.3 is 5.32 Å². The van der Waals surface area contributed by atoms with E-state index in [1.165, 1.54) is 5.56 Å². The lowest BCUT2D eigenvalue weighted by Crippen LogP contribution is -2.30. The molecule has 1 aromatic heterocycles. The van der Waals surface area contributed by atoms with Gasteiger partial charge in [-0.05, 0) is 37.2 Å². The molecule has 0 aliphatic carbocycles. The molecule has 0 amide bonds. The SMILES string of the molecule is Cc1cnn(C(=S)NC(C)c2ccccc2)c1. The maximum Gasteiger partial charge on any atom is 0.194 e. The van der Waals surface area contributed by atoms with E-state index in [1.807, 2.05) is 31.3 Å². The smallest absolute Gasteiger partial charge is 0.194 e. The lowest BCUT2D eigenvalue weighted by molar-refractivity contribution is 0.697. The Bertz CT molecular complexity index is 504. The molecule has 0 fully saturated rings. The average Bonchev–Trinajstić information content (AvgIpc) is 2.77. The van der Waals surface area contributed by atoms with E-state index >= 15 is 0 Å². The lowest BCUT2D eigenvalue weighted by atomic mass is 10.1. The Labute approximate surface area is 106 Å². The van der Waals surface area contributed by atoms with E-state index in [1.54, 1.807) is 10.9 Å². The molecule has 4 heteroatoms. The minimum atomic E-state index is 0.174. The third-order valence-electron chi connectivity index (χ3n) is 2.56. The van der Waals surface area contributed by atoms with Gasteiger partial charge in [-0.3, -0.25) is 0 Å². The first-order valence-corrected chi connectivity index (χ1v) is 5.95. The van der Waals surface area contributed by atoms with Crippen molar-refractivity contribution in [2.24, 2.45) is 0 Å². The fourth-order valence-electron chi connectivity index (χ4n) is 1.60. The molecule has 3 nitrogen and oxygen atoms in total. The highest BCUT2D eigenvalue weighted by Gasteiger charge is 2.07. The summed E-state index contributed by atoms with van der Waals surface area (Å²) < 4.78 is 1.68. The molecule has 88 valence electrons. The Morgan fingerprint density at radius 2 is 2.06 bits per heavy atom. The Morgan fingerprint density at radius 1 is 1.35 bits per heavy atom. The van der Waals surface area contributed by atoms with Crippen LogP contribution in [-0.2, 0) is 0 Å². The zero-order valence-electron chi connectivity index (χ0n) is 9.92. The van der Waals surface area contributed by atoms with Crippen LogP contribution < -0.4 is 5.32 Å². The van der Waals surface area contributed by atoms with Gasteiger partial charge in [-0.2, -0.15) is 5.10 Å². The molecular formula is C13H15N3S. The number of aromatic nitrogens is 2. The van der Waals surface area contributed by atoms with Gasteiger partial charge in [-0.1, -0.05) is 30.3 Å². The van der Waals surface area contributed by atoms with Crippen LogP contribution in [0.1, 0.15) is 24.1 Å². The van der Waals surface area contributed by atoms with Gasteiger partial charge in [-0.25, -0.2) is 4.68 Å². The summed E-state index contributed by atoms with van der Waals surface area (Å²) in [6.45, 7) is 4.07. The van der Waals surface area contributed by atoms with Crippen LogP contribution in [0.3, 0.4) is 0 Å². The van der Waals surface area contributed by atoms with Gasteiger partial charge >= 0.3 is 0 Å². The highest BCUT2D eigenvalue weighted by Crippen LogP contribution is 2.11. The molecule has 0 spiro atoms. The molecule has 1 unspecified atom stereocenters. The van der Waals surface area contributed by atoms with Crippen LogP contribution >= 0.6 is 12.2 Å². The third kappa shape index (κ3) is 2.91. The second-order valence-electron chi connectivity index (χ2n) is 4.04. The number of benzene rings is 1. The van der Waals surface area contributed by atoms with Gasteiger partial charge in [0, 0.05) is 6.20 Å². The van der Waals surface area contributed by atoms with Crippen molar-refractivity contribution in [3.05, 3.63) is 53.9 Å². The molecule has 1 atom stereocenters. The number of nitrogens with one attached hydrogen (secondary N) is 1. The van der Waals surface area contributed by atoms with E-state index in [0.717, 1.165) is 5.56 Å². The van der Waals surface area contributed by atoms with Crippen LogP contribution in [0.5, 0.6) is 0 Å². The van der Waals surface area contributed by atoms with E-state index in [4.69, 9.17) is 12.2 Å². The second-order valence-corrected chi connectivity index (χ2v) is 4.43. The van der Waals surface area contributed by atoms with E-state index < -0.39 is 0 Å². The van der Waals surface area contributed by atoms with Crippen molar-refractivity contribution in [2.45, 2.75) is 19.9 Å². The number of rotatable bonds is 2. The Hall–Kier alpha value is -1.68. The Kier molecular flexibility index (Phi) is 3.54. The molecule has 0 aliphatic heterocycles. The summed E-state index contributed by atoms with van der Waals surface area (Å²) in [6.07, 6.45) is 3.70. The summed E-state index contributed by atoms with van der Waals surface area (Å²) in [7, 11) is 0. The quantitative estimate of drug-likeness (QED) is 0.825. The van der Waals surface area contributed by atoms with Crippen LogP contribution in [0.15, 0.2) is 42.7 Å². The fourth-order valence-corrected chi connectivity index (χ4v) is 1.88. The minimum absolute atomic E-state index is 0.174. The van der Waals surface area contributed by atoms with Gasteiger partial charge in [0.15, 0.2) is 5.11 Å². The highest BCUT2D eigenvalue weighted by atomic mass is 32.1. The number of aryl methyl sites for hydroxylation is 1. The second kappa shape index (κ2) is 5.10. The average molecular weight is 245 g/mol. The zero-order valence-corrected chi connectivity index (χ0v) is 10.7. The van der Waals surface area contributed by atoms with Crippen molar-refractivity contribution in [2.75, 3.05) is 0 Å². The predicted molar refractivity (Wildman–Crippen MR) is 73.0 cm³/mol. The summed E-state index contributed by atoms with van der Waals surface area (Å²) in [4.78, 5) is 0. The monoisotopic (exact) mass is 245 g/mol. The maximum atomic E-state index is 5.30. The summed E-state index contributed by atoms with van der Waals surface area (Å²) >= 11 is 5.30. The lowest BCUT2D eigenvalue weighted by Gasteiger charge is -2.15. The van der Waals surface area contributed by atoms with Gasteiger partial charge in [0.2, 0.25) is 0 Å². The number of hydrogen-bond acceptors (Lipinski definition) is 2. The van der Waals surface area contributed by atoms with Crippen molar-refractivity contribution < 1.29 is 0 Å². The molecular weight excluding hydrogens is 230 g/mol. The molecule has 0 radical (unpaired) electrons. The maximum absolute atomic E-state index is 5.30. The van der Waals surface area contributed by atoms with Crippen molar-refractivity contribution in [3.8, 4) is 0 Å². The summed E-state index contributed by atoms with van der Waals surface area (Å²) in [6, 6.07) is 10.4. The van der Waals surface area contributed by atoms with Gasteiger partial charge in [0.1, 0.15) is 0 Å². The first kappa shape index (κ1) is 11.8. The normalized spacial score (nSPS) is 12.1. The predicted octanol–water partition coefficient (Wildman–Crippen LogP) is 2.68. The summed E-state index contributed by atoms with van der Waals surface area (Å²) in [5.74, 6) is 0. The fraction of sp³-hybridized carbons (Fsp3) is 0.231. The Morgan fingerprint density at radius 3 is 2.65 bits per heavy atom. The standard InChI is InChI=1S/C13H15N3S/c1-10-8-14-16(9-10)13(17)15-11(2)12-6-4-3-5-7-12/h3-9,11H,1-2H3,(H,15,17). The summed E-state index contributed by atoms with van der Waals surface area (Å²) in [5, 5.41) is 8.05. The van der Waals surface area contributed by atoms with Crippen molar-refractivity contribution in [1.29, 1.82) is 0 Å². The van der Waals surface area contributed by atoms with E-state index in [-0.39, 0.29) is 6.04 Å². The topological polar surface area (TPSA) is 29.9 Å². The first-order valence-electron chi connectivity index (χ1n) is 5.54. The van der Waals surface area contributed by atoms with Gasteiger partial charge in [0.05, 0.1) is 12.2 Å². The molecule has 0 bridgehead atoms. The van der Waals surface area contributed by atoms with Gasteiger partial charge in [-0.15, -0.1) is 0 Å². The number of hydrogen-bond donors (Lipinski definition) is 1. The molecule has 1 aromatic carbocycles. The van der Waals surface area contributed by atoms with E-state index in [0.29, 0.717) is 5.11 Å². The van der Waals surface area contributed by atoms with Crippen LogP contribution in [0.2, 0.25) is 0 Å². The minimum Gasteiger partial charge on any atom is -0.354 e. The largest absolute Gasteiger partial charge is 0.354 e. The van der Waals surface area contributed by atoms with Crippen LogP contribution in [-0.4, -0.2) is 14.9 Å². The Balaban J connectivity index is 2.04. The molecule has 17 heavy (non-hydrogen) atoms. The molecule has 1 N–H and O–H groups in total. The van der Waals surface area contributed by atoms with Crippen molar-refractivity contribution >= 4 is 17.3 Å². The molecule has 0 saturated heterocycles. The summed E-state index contributed by atoms with van der Waals surface area (Å²) in [5.41, 5.74) is 2.31. The molecule has 0 saturated carbocycles. The van der Waals surface area contributed by atoms with E-state index in [9.17, 15) is 0 Å². The van der Waals surface area contributed by atoms with Crippen LogP contribution in [0.25, 0.3) is 0 Å². The molecule has 2 aromatic rings. The van der Waals surface area contributed by atoms with Crippen LogP contribution in [0, 0.1) is 6.92 Å². The highest BCUT2D eigenvalue weighted by molar-refractivity contribution is 7.80. The van der Waals surface area contributed by atoms with Crippen molar-refractivity contribution in [3.63, 3.8) is 0 Å². The van der Waals surface area contributed by atoms with E-state index in [2.05, 4.69) is 29.5 Å². The zero-order chi connectivity index (χ0) is 12.3. The van der Waals surface area contributed by atoms with Gasteiger partial charge in [0.25, 0.3) is 0 Å². The molecule has 0 aliphatic rings. The van der Waals surface area contributed by atoms with Crippen LogP contribution in [0.4, 0.5) is 0 Å². The molecule has 1 heterocycles. The number of nitrogens with zero attached hydrogens (tertiary/aromatic N) is 2. The van der Waals surface area contributed by atoms with Crippen molar-refractivity contribution in [1.82, 2.24) is 15.1 Å². The first-order chi connectivity index (χ1) is 8.16. The number of thiocarbonyl (C=S) groups is 1.